The van der Waals surface area contributed by atoms with Gasteiger partial charge in [0.1, 0.15) is 0 Å². The van der Waals surface area contributed by atoms with Gasteiger partial charge in [0.2, 0.25) is 0 Å². The van der Waals surface area contributed by atoms with Crippen molar-refractivity contribution >= 4 is 22.1 Å². The summed E-state index contributed by atoms with van der Waals surface area (Å²) in [5, 5.41) is 2.83. The van der Waals surface area contributed by atoms with Crippen LogP contribution in [0.3, 0.4) is 0 Å². The predicted molar refractivity (Wildman–Crippen MR) is 126 cm³/mol. The summed E-state index contributed by atoms with van der Waals surface area (Å²) in [6.07, 6.45) is 13.8. The van der Waals surface area contributed by atoms with E-state index < -0.39 is 0 Å². The molecule has 0 unspecified atom stereocenters. The van der Waals surface area contributed by atoms with Crippen LogP contribution in [0, 0.1) is 13.8 Å². The molecule has 0 amide bonds. The number of anilines is 2. The normalized spacial score (nSPS) is 18.3. The summed E-state index contributed by atoms with van der Waals surface area (Å²) in [7, 11) is 4.58. The van der Waals surface area contributed by atoms with Crippen LogP contribution in [-0.2, 0) is 0 Å². The van der Waals surface area contributed by atoms with Crippen molar-refractivity contribution in [2.75, 3.05) is 37.0 Å². The van der Waals surface area contributed by atoms with Crippen LogP contribution >= 0.6 is 0 Å². The maximum absolute atomic E-state index is 2.51. The quantitative estimate of drug-likeness (QED) is 0.475. The first-order valence-corrected chi connectivity index (χ1v) is 11.6. The molecule has 154 valence electrons. The average molecular weight is 381 g/mol. The van der Waals surface area contributed by atoms with Crippen molar-refractivity contribution < 1.29 is 0 Å². The standard InChI is InChI=1S/C26H40N2/c1-21-22(2)26-24-18-14-13-17-23(24)25(21)27(3)19-15-11-9-7-5-6-8-10-12-16-20-28(26)4/h13-14,17-18H,5-12,15-16,19-20H2,1-4H3. The average Bonchev–Trinajstić information content (AvgIpc) is 2.69. The largest absolute Gasteiger partial charge is 0.374 e. The van der Waals surface area contributed by atoms with Gasteiger partial charge in [0, 0.05) is 49.3 Å². The highest BCUT2D eigenvalue weighted by Crippen LogP contribution is 2.40. The van der Waals surface area contributed by atoms with Gasteiger partial charge in [-0.2, -0.15) is 0 Å². The third-order valence-corrected chi connectivity index (χ3v) is 6.71. The molecule has 2 aromatic carbocycles. The van der Waals surface area contributed by atoms with Crippen molar-refractivity contribution in [2.45, 2.75) is 78.1 Å². The molecule has 3 rings (SSSR count). The fourth-order valence-electron chi connectivity index (χ4n) is 4.97. The van der Waals surface area contributed by atoms with E-state index in [1.807, 2.05) is 0 Å². The van der Waals surface area contributed by atoms with Gasteiger partial charge in [-0.3, -0.25) is 0 Å². The van der Waals surface area contributed by atoms with E-state index in [-0.39, 0.29) is 0 Å². The summed E-state index contributed by atoms with van der Waals surface area (Å²) < 4.78 is 0. The summed E-state index contributed by atoms with van der Waals surface area (Å²) in [5.41, 5.74) is 5.77. The van der Waals surface area contributed by atoms with Crippen LogP contribution in [0.5, 0.6) is 0 Å². The predicted octanol–water partition coefficient (Wildman–Crippen LogP) is 7.24. The summed E-state index contributed by atoms with van der Waals surface area (Å²) in [6.45, 7) is 6.95. The van der Waals surface area contributed by atoms with Gasteiger partial charge >= 0.3 is 0 Å². The molecule has 1 heterocycles. The molecule has 0 saturated carbocycles. The molecule has 0 aliphatic carbocycles. The topological polar surface area (TPSA) is 6.48 Å². The van der Waals surface area contributed by atoms with Crippen LogP contribution in [0.25, 0.3) is 10.8 Å². The van der Waals surface area contributed by atoms with Gasteiger partial charge in [-0.25, -0.2) is 0 Å². The van der Waals surface area contributed by atoms with E-state index in [4.69, 9.17) is 0 Å². The second-order valence-corrected chi connectivity index (χ2v) is 8.87. The lowest BCUT2D eigenvalue weighted by Crippen LogP contribution is -2.23. The molecule has 1 aliphatic rings. The lowest BCUT2D eigenvalue weighted by atomic mass is 9.95. The zero-order valence-corrected chi connectivity index (χ0v) is 18.7. The van der Waals surface area contributed by atoms with Crippen molar-refractivity contribution in [3.63, 3.8) is 0 Å². The molecule has 0 N–H and O–H groups in total. The van der Waals surface area contributed by atoms with E-state index in [0.29, 0.717) is 0 Å². The highest BCUT2D eigenvalue weighted by Gasteiger charge is 2.18. The monoisotopic (exact) mass is 380 g/mol. The van der Waals surface area contributed by atoms with Crippen LogP contribution in [0.1, 0.15) is 75.3 Å². The van der Waals surface area contributed by atoms with Gasteiger partial charge in [-0.15, -0.1) is 0 Å². The van der Waals surface area contributed by atoms with Crippen LogP contribution < -0.4 is 9.80 Å². The molecule has 0 radical (unpaired) electrons. The first kappa shape index (κ1) is 21.0. The SMILES string of the molecule is Cc1c(C)c2c3ccccc3c1N(C)CCCCCCCCCCCCN2C. The molecule has 2 aromatic rings. The molecule has 2 nitrogen and oxygen atoms in total. The van der Waals surface area contributed by atoms with Gasteiger partial charge in [0.25, 0.3) is 0 Å². The van der Waals surface area contributed by atoms with Crippen molar-refractivity contribution in [1.82, 2.24) is 0 Å². The molecule has 2 heteroatoms. The van der Waals surface area contributed by atoms with Crippen LogP contribution in [0.2, 0.25) is 0 Å². The Labute approximate surface area is 172 Å². The third-order valence-electron chi connectivity index (χ3n) is 6.71. The molecule has 0 saturated heterocycles. The lowest BCUT2D eigenvalue weighted by Gasteiger charge is -2.30. The second-order valence-electron chi connectivity index (χ2n) is 8.87. The Morgan fingerprint density at radius 1 is 0.536 bits per heavy atom. The molecule has 28 heavy (non-hydrogen) atoms. The molecule has 0 atom stereocenters. The highest BCUT2D eigenvalue weighted by molar-refractivity contribution is 6.05. The molecule has 0 fully saturated rings. The van der Waals surface area contributed by atoms with Gasteiger partial charge < -0.3 is 9.80 Å². The van der Waals surface area contributed by atoms with Crippen molar-refractivity contribution in [2.24, 2.45) is 0 Å². The Hall–Kier alpha value is -1.70. The molecular weight excluding hydrogens is 340 g/mol. The van der Waals surface area contributed by atoms with Crippen LogP contribution in [-0.4, -0.2) is 27.2 Å². The molecule has 1 aliphatic heterocycles. The maximum atomic E-state index is 2.51. The number of hydrogen-bond acceptors (Lipinski definition) is 2. The fraction of sp³-hybridized carbons (Fsp3) is 0.615. The number of hydrogen-bond donors (Lipinski definition) is 0. The summed E-state index contributed by atoms with van der Waals surface area (Å²) in [4.78, 5) is 5.02. The van der Waals surface area contributed by atoms with Crippen molar-refractivity contribution in [3.8, 4) is 0 Å². The zero-order chi connectivity index (χ0) is 19.9. The van der Waals surface area contributed by atoms with Crippen molar-refractivity contribution in [1.29, 1.82) is 0 Å². The Morgan fingerprint density at radius 3 is 1.21 bits per heavy atom. The molecular formula is C26H40N2. The lowest BCUT2D eigenvalue weighted by molar-refractivity contribution is 0.551. The Morgan fingerprint density at radius 2 is 0.857 bits per heavy atom. The minimum atomic E-state index is 1.15. The minimum absolute atomic E-state index is 1.15. The smallest absolute Gasteiger partial charge is 0.0477 e. The highest BCUT2D eigenvalue weighted by atomic mass is 15.1. The van der Waals surface area contributed by atoms with E-state index >= 15 is 0 Å². The van der Waals surface area contributed by atoms with Crippen LogP contribution in [0.4, 0.5) is 11.4 Å². The summed E-state index contributed by atoms with van der Waals surface area (Å²) in [6, 6.07) is 9.04. The minimum Gasteiger partial charge on any atom is -0.374 e. The molecule has 2 bridgehead atoms. The first-order valence-electron chi connectivity index (χ1n) is 11.6. The van der Waals surface area contributed by atoms with Gasteiger partial charge in [-0.1, -0.05) is 75.6 Å². The Bertz CT molecular complexity index is 700. The van der Waals surface area contributed by atoms with Crippen molar-refractivity contribution in [3.05, 3.63) is 35.4 Å². The van der Waals surface area contributed by atoms with E-state index in [1.54, 1.807) is 0 Å². The number of nitrogens with zero attached hydrogens (tertiary/aromatic N) is 2. The van der Waals surface area contributed by atoms with Gasteiger partial charge in [0.15, 0.2) is 0 Å². The second kappa shape index (κ2) is 10.2. The van der Waals surface area contributed by atoms with E-state index in [1.165, 1.54) is 97.5 Å². The Kier molecular flexibility index (Phi) is 7.65. The molecule has 0 spiro atoms. The van der Waals surface area contributed by atoms with E-state index in [9.17, 15) is 0 Å². The maximum Gasteiger partial charge on any atom is 0.0477 e. The number of rotatable bonds is 0. The molecule has 0 aromatic heterocycles. The third kappa shape index (κ3) is 4.82. The summed E-state index contributed by atoms with van der Waals surface area (Å²) >= 11 is 0. The Balaban J connectivity index is 1.98. The van der Waals surface area contributed by atoms with E-state index in [0.717, 1.165) is 13.1 Å². The number of benzene rings is 2. The van der Waals surface area contributed by atoms with Crippen LogP contribution in [0.15, 0.2) is 24.3 Å². The fourth-order valence-corrected chi connectivity index (χ4v) is 4.97. The van der Waals surface area contributed by atoms with Gasteiger partial charge in [0.05, 0.1) is 0 Å². The van der Waals surface area contributed by atoms with E-state index in [2.05, 4.69) is 62.0 Å². The zero-order valence-electron chi connectivity index (χ0n) is 18.7. The summed E-state index contributed by atoms with van der Waals surface area (Å²) in [5.74, 6) is 0. The first-order chi connectivity index (χ1) is 13.6. The van der Waals surface area contributed by atoms with Gasteiger partial charge in [-0.05, 0) is 37.8 Å².